The number of imide groups is 1. The van der Waals surface area contributed by atoms with Crippen LogP contribution < -0.4 is 4.46 Å². The zero-order chi connectivity index (χ0) is 18.7. The quantitative estimate of drug-likeness (QED) is 0.534. The van der Waals surface area contributed by atoms with Gasteiger partial charge in [0.15, 0.2) is 0 Å². The van der Waals surface area contributed by atoms with Crippen LogP contribution >= 0.6 is 0 Å². The van der Waals surface area contributed by atoms with Gasteiger partial charge in [0, 0.05) is 0 Å². The third-order valence-electron chi connectivity index (χ3n) is 4.81. The second kappa shape index (κ2) is 8.04. The molecule has 0 bridgehead atoms. The molecular formula is C18H27NO4SeSi. The minimum absolute atomic E-state index is 0.0328. The molecule has 1 aromatic carbocycles. The number of nitrogens with zero attached hydrogens (tertiary/aromatic N) is 1. The Hall–Kier alpha value is -1.14. The van der Waals surface area contributed by atoms with Crippen molar-refractivity contribution < 1.29 is 18.8 Å². The summed E-state index contributed by atoms with van der Waals surface area (Å²) >= 11 is 0.0328. The fourth-order valence-corrected chi connectivity index (χ4v) is 5.21. The van der Waals surface area contributed by atoms with Crippen LogP contribution in [0.25, 0.3) is 0 Å². The molecule has 1 saturated heterocycles. The van der Waals surface area contributed by atoms with Crippen molar-refractivity contribution in [2.75, 3.05) is 13.3 Å². The van der Waals surface area contributed by atoms with Gasteiger partial charge >= 0.3 is 157 Å². The van der Waals surface area contributed by atoms with E-state index in [1.807, 2.05) is 30.3 Å². The molecule has 138 valence electrons. The van der Waals surface area contributed by atoms with Crippen LogP contribution in [0.4, 0.5) is 4.79 Å². The van der Waals surface area contributed by atoms with Gasteiger partial charge in [-0.1, -0.05) is 0 Å². The van der Waals surface area contributed by atoms with E-state index in [1.165, 1.54) is 9.36 Å². The molecule has 2 amide bonds. The van der Waals surface area contributed by atoms with Crippen molar-refractivity contribution in [3.05, 3.63) is 30.3 Å². The Bertz CT molecular complexity index is 615. The summed E-state index contributed by atoms with van der Waals surface area (Å²) in [7, 11) is -1.97. The second-order valence-corrected chi connectivity index (χ2v) is 15.1. The summed E-state index contributed by atoms with van der Waals surface area (Å²) in [4.78, 5) is 25.8. The first-order valence-corrected chi connectivity index (χ1v) is 13.2. The number of ether oxygens (including phenoxy) is 1. The van der Waals surface area contributed by atoms with Gasteiger partial charge in [0.2, 0.25) is 0 Å². The molecule has 0 aliphatic carbocycles. The molecule has 7 heteroatoms. The molecule has 25 heavy (non-hydrogen) atoms. The molecule has 1 atom stereocenters. The molecule has 5 nitrogen and oxygen atoms in total. The number of hydrogen-bond acceptors (Lipinski definition) is 4. The number of amides is 2. The van der Waals surface area contributed by atoms with Crippen LogP contribution in [0, 0.1) is 0 Å². The molecule has 1 unspecified atom stereocenters. The molecule has 0 saturated carbocycles. The zero-order valence-electron chi connectivity index (χ0n) is 15.6. The van der Waals surface area contributed by atoms with E-state index in [0.29, 0.717) is 13.0 Å². The molecule has 1 aromatic rings. The standard InChI is InChI=1S/C18H27NO4SeSi/c1-18(2,3)25(4,5)23-13-22-17(21)19-12-11-15(16(19)20)24-14-9-7-6-8-10-14/h6-10,15H,11-13H2,1-5H3. The van der Waals surface area contributed by atoms with Gasteiger partial charge in [0.05, 0.1) is 0 Å². The molecule has 2 rings (SSSR count). The number of carbonyl (C=O) groups excluding carboxylic acids is 2. The first-order valence-electron chi connectivity index (χ1n) is 8.45. The molecule has 0 aromatic heterocycles. The van der Waals surface area contributed by atoms with Gasteiger partial charge in [-0.05, 0) is 0 Å². The number of likely N-dealkylation sites (tertiary alicyclic amines) is 1. The number of carbonyl (C=O) groups is 2. The summed E-state index contributed by atoms with van der Waals surface area (Å²) in [6.45, 7) is 10.9. The topological polar surface area (TPSA) is 55.8 Å². The van der Waals surface area contributed by atoms with Crippen LogP contribution in [0.1, 0.15) is 27.2 Å². The van der Waals surface area contributed by atoms with Gasteiger partial charge in [0.1, 0.15) is 0 Å². The van der Waals surface area contributed by atoms with Crippen molar-refractivity contribution in [1.82, 2.24) is 4.90 Å². The Morgan fingerprint density at radius 1 is 1.28 bits per heavy atom. The molecule has 1 heterocycles. The van der Waals surface area contributed by atoms with E-state index < -0.39 is 14.4 Å². The van der Waals surface area contributed by atoms with E-state index in [1.54, 1.807) is 0 Å². The van der Waals surface area contributed by atoms with Crippen molar-refractivity contribution in [3.63, 3.8) is 0 Å². The van der Waals surface area contributed by atoms with Crippen LogP contribution in [0.5, 0.6) is 0 Å². The van der Waals surface area contributed by atoms with Gasteiger partial charge < -0.3 is 0 Å². The minimum atomic E-state index is -1.97. The molecule has 0 N–H and O–H groups in total. The molecule has 1 aliphatic heterocycles. The SMILES string of the molecule is CC(C)(C)[Si](C)(C)OCOC(=O)N1CCC([Se]c2ccccc2)C1=O. The second-order valence-electron chi connectivity index (χ2n) is 7.63. The normalized spacial score (nSPS) is 18.5. The summed E-state index contributed by atoms with van der Waals surface area (Å²) in [5, 5.41) is 0.0478. The van der Waals surface area contributed by atoms with Crippen molar-refractivity contribution in [3.8, 4) is 0 Å². The average molecular weight is 428 g/mol. The van der Waals surface area contributed by atoms with E-state index in [0.717, 1.165) is 0 Å². The van der Waals surface area contributed by atoms with Crippen LogP contribution in [-0.2, 0) is 14.0 Å². The van der Waals surface area contributed by atoms with Crippen LogP contribution in [-0.4, -0.2) is 53.5 Å². The van der Waals surface area contributed by atoms with E-state index in [2.05, 4.69) is 33.9 Å². The van der Waals surface area contributed by atoms with Crippen LogP contribution in [0.15, 0.2) is 30.3 Å². The fraction of sp³-hybridized carbons (Fsp3) is 0.556. The molecule has 0 radical (unpaired) electrons. The first-order chi connectivity index (χ1) is 11.6. The third kappa shape index (κ3) is 5.17. The molecule has 1 fully saturated rings. The van der Waals surface area contributed by atoms with Gasteiger partial charge in [-0.25, -0.2) is 0 Å². The Kier molecular flexibility index (Phi) is 6.49. The maximum absolute atomic E-state index is 12.5. The maximum atomic E-state index is 12.5. The van der Waals surface area contributed by atoms with E-state index in [9.17, 15) is 9.59 Å². The Morgan fingerprint density at radius 3 is 2.52 bits per heavy atom. The van der Waals surface area contributed by atoms with Crippen molar-refractivity contribution in [2.24, 2.45) is 0 Å². The number of hydrogen-bond donors (Lipinski definition) is 0. The monoisotopic (exact) mass is 429 g/mol. The summed E-state index contributed by atoms with van der Waals surface area (Å²) in [6, 6.07) is 9.96. The van der Waals surface area contributed by atoms with Gasteiger partial charge in [-0.3, -0.25) is 0 Å². The van der Waals surface area contributed by atoms with Gasteiger partial charge in [-0.2, -0.15) is 0 Å². The molecular weight excluding hydrogens is 401 g/mol. The predicted octanol–water partition coefficient (Wildman–Crippen LogP) is 3.15. The van der Waals surface area contributed by atoms with Crippen LogP contribution in [0.3, 0.4) is 0 Å². The predicted molar refractivity (Wildman–Crippen MR) is 102 cm³/mol. The number of benzene rings is 1. The van der Waals surface area contributed by atoms with Gasteiger partial charge in [-0.15, -0.1) is 0 Å². The number of rotatable bonds is 5. The summed E-state index contributed by atoms with van der Waals surface area (Å²) in [5.74, 6) is -0.124. The van der Waals surface area contributed by atoms with E-state index in [4.69, 9.17) is 9.16 Å². The molecule has 0 spiro atoms. The zero-order valence-corrected chi connectivity index (χ0v) is 18.3. The Labute approximate surface area is 157 Å². The van der Waals surface area contributed by atoms with Gasteiger partial charge in [0.25, 0.3) is 0 Å². The van der Waals surface area contributed by atoms with E-state index >= 15 is 0 Å². The summed E-state index contributed by atoms with van der Waals surface area (Å²) in [5.41, 5.74) is 0. The fourth-order valence-electron chi connectivity index (χ4n) is 2.13. The Balaban J connectivity index is 1.84. The molecule has 1 aliphatic rings. The first kappa shape index (κ1) is 20.2. The Morgan fingerprint density at radius 2 is 1.92 bits per heavy atom. The summed E-state index contributed by atoms with van der Waals surface area (Å²) < 4.78 is 12.2. The third-order valence-corrected chi connectivity index (χ3v) is 11.9. The van der Waals surface area contributed by atoms with Crippen LogP contribution in [0.2, 0.25) is 22.9 Å². The average Bonchev–Trinajstić information content (AvgIpc) is 2.88. The van der Waals surface area contributed by atoms with Crippen molar-refractivity contribution in [2.45, 2.75) is 50.1 Å². The van der Waals surface area contributed by atoms with E-state index in [-0.39, 0.29) is 37.5 Å². The van der Waals surface area contributed by atoms with Crippen molar-refractivity contribution in [1.29, 1.82) is 0 Å². The van der Waals surface area contributed by atoms with Crippen molar-refractivity contribution >= 4 is 39.7 Å². The summed E-state index contributed by atoms with van der Waals surface area (Å²) in [6.07, 6.45) is 0.112.